The van der Waals surface area contributed by atoms with Crippen LogP contribution in [0.4, 0.5) is 0 Å². The summed E-state index contributed by atoms with van der Waals surface area (Å²) in [6, 6.07) is -2.04. The molecule has 0 bridgehead atoms. The third-order valence-electron chi connectivity index (χ3n) is 3.43. The second-order valence-electron chi connectivity index (χ2n) is 7.33. The van der Waals surface area contributed by atoms with Crippen molar-refractivity contribution < 1.29 is 73.2 Å². The molecule has 0 heterocycles. The molecule has 0 rings (SSSR count). The Morgan fingerprint density at radius 3 is 1.41 bits per heavy atom. The van der Waals surface area contributed by atoms with Crippen molar-refractivity contribution in [2.24, 2.45) is 17.2 Å². The maximum atomic E-state index is 10.1. The van der Waals surface area contributed by atoms with Gasteiger partial charge in [0.15, 0.2) is 6.29 Å². The second-order valence-corrected chi connectivity index (χ2v) is 9.61. The molecule has 6 atom stereocenters. The van der Waals surface area contributed by atoms with Crippen LogP contribution < -0.4 is 17.2 Å². The number of rotatable bonds is 13. The minimum Gasteiger partial charge on any atom is -0.481 e. The van der Waals surface area contributed by atoms with E-state index in [9.17, 15) is 32.4 Å². The molecule has 0 aromatic rings. The number of sulfone groups is 1. The number of hydrogen-bond donors (Lipinski definition) is 11. The number of amides is 1. The van der Waals surface area contributed by atoms with E-state index in [0.717, 1.165) is 12.5 Å². The van der Waals surface area contributed by atoms with Crippen molar-refractivity contribution in [2.45, 2.75) is 62.2 Å². The van der Waals surface area contributed by atoms with Gasteiger partial charge in [-0.15, -0.1) is 0 Å². The Labute approximate surface area is 212 Å². The van der Waals surface area contributed by atoms with Gasteiger partial charge in [-0.1, -0.05) is 0 Å². The van der Waals surface area contributed by atoms with Gasteiger partial charge >= 0.3 is 17.9 Å². The minimum atomic E-state index is -2.67. The summed E-state index contributed by atoms with van der Waals surface area (Å²) in [5, 5.41) is 68.0. The summed E-state index contributed by atoms with van der Waals surface area (Å²) in [5.41, 5.74) is 14.8. The Hall–Kier alpha value is -2.78. The minimum absolute atomic E-state index is 0.0213. The lowest BCUT2D eigenvalue weighted by molar-refractivity contribution is -0.140. The standard InChI is InChI=1S/C6H12O6.C5H10N2O3.C5H9NO4.C2H6O2S/c7-1-3(9)5(11)6(12)4(10)2-8;2*6-3(5(9)10)1-2-4(7)8;1-5(2,3)4/h1,3-6,8-12H,2H2;3H,1-2,6H2,(H2,7,8)(H,9,10);3H,1-2,6H2,(H,7,8)(H,9,10);1-2H3/t3-,4+,5+,6+;2*3-;/m000./s1. The van der Waals surface area contributed by atoms with E-state index >= 15 is 0 Å². The Bertz CT molecular complexity index is 751. The van der Waals surface area contributed by atoms with Crippen molar-refractivity contribution >= 4 is 39.9 Å². The highest BCUT2D eigenvalue weighted by atomic mass is 32.2. The van der Waals surface area contributed by atoms with E-state index < -0.39 is 76.8 Å². The quantitative estimate of drug-likeness (QED) is 0.0922. The van der Waals surface area contributed by atoms with Crippen molar-refractivity contribution in [3.8, 4) is 0 Å². The van der Waals surface area contributed by atoms with Crippen LogP contribution in [0, 0.1) is 0 Å². The molecule has 0 radical (unpaired) electrons. The van der Waals surface area contributed by atoms with Crippen LogP contribution in [0.2, 0.25) is 0 Å². The zero-order valence-corrected chi connectivity index (χ0v) is 21.0. The first kappa shape index (κ1) is 41.4. The van der Waals surface area contributed by atoms with E-state index in [4.69, 9.17) is 58.1 Å². The Kier molecular flexibility index (Phi) is 25.1. The molecule has 0 fully saturated rings. The number of aliphatic hydroxyl groups excluding tert-OH is 5. The van der Waals surface area contributed by atoms with Gasteiger partial charge in [0.05, 0.1) is 6.61 Å². The van der Waals surface area contributed by atoms with Crippen LogP contribution in [-0.4, -0.2) is 135 Å². The lowest BCUT2D eigenvalue weighted by Crippen LogP contribution is -2.46. The first-order chi connectivity index (χ1) is 16.6. The number of primary amides is 1. The third kappa shape index (κ3) is 33.2. The Morgan fingerprint density at radius 1 is 0.811 bits per heavy atom. The van der Waals surface area contributed by atoms with Gasteiger partial charge in [0, 0.05) is 25.4 Å². The van der Waals surface area contributed by atoms with Gasteiger partial charge in [0.25, 0.3) is 0 Å². The molecule has 0 aliphatic heterocycles. The van der Waals surface area contributed by atoms with Gasteiger partial charge < -0.3 is 62.8 Å². The number of aldehydes is 1. The highest BCUT2D eigenvalue weighted by molar-refractivity contribution is 7.89. The van der Waals surface area contributed by atoms with E-state index in [0.29, 0.717) is 0 Å². The van der Waals surface area contributed by atoms with E-state index in [1.54, 1.807) is 0 Å². The van der Waals surface area contributed by atoms with E-state index in [1.807, 2.05) is 0 Å². The number of carbonyl (C=O) groups excluding carboxylic acids is 2. The second kappa shape index (κ2) is 22.4. The van der Waals surface area contributed by atoms with E-state index in [1.165, 1.54) is 0 Å². The number of hydrogen-bond acceptors (Lipinski definition) is 14. The molecule has 0 saturated carbocycles. The van der Waals surface area contributed by atoms with E-state index in [-0.39, 0.29) is 32.0 Å². The largest absolute Gasteiger partial charge is 0.481 e. The van der Waals surface area contributed by atoms with Crippen molar-refractivity contribution in [3.63, 3.8) is 0 Å². The summed E-state index contributed by atoms with van der Waals surface area (Å²) in [6.07, 6.45) is -4.62. The molecule has 220 valence electrons. The molecular weight excluding hydrogens is 530 g/mol. The number of carbonyl (C=O) groups is 5. The fourth-order valence-corrected chi connectivity index (χ4v) is 1.44. The van der Waals surface area contributed by atoms with Crippen LogP contribution >= 0.6 is 0 Å². The van der Waals surface area contributed by atoms with Gasteiger partial charge in [-0.3, -0.25) is 19.2 Å². The van der Waals surface area contributed by atoms with Crippen molar-refractivity contribution in [3.05, 3.63) is 0 Å². The summed E-state index contributed by atoms with van der Waals surface area (Å²) in [7, 11) is -2.67. The monoisotopic (exact) mass is 567 g/mol. The van der Waals surface area contributed by atoms with Crippen LogP contribution in [0.15, 0.2) is 0 Å². The van der Waals surface area contributed by atoms with Crippen LogP contribution in [0.25, 0.3) is 0 Å². The highest BCUT2D eigenvalue weighted by Crippen LogP contribution is 2.03. The Balaban J connectivity index is -0.000000203. The van der Waals surface area contributed by atoms with Gasteiger partial charge in [0.2, 0.25) is 5.91 Å². The summed E-state index contributed by atoms with van der Waals surface area (Å²) in [6.45, 7) is -0.760. The highest BCUT2D eigenvalue weighted by Gasteiger charge is 2.29. The topological polar surface area (TPSA) is 359 Å². The molecule has 0 unspecified atom stereocenters. The number of carboxylic acids is 3. The number of aliphatic hydroxyl groups is 5. The molecule has 18 nitrogen and oxygen atoms in total. The molecule has 37 heavy (non-hydrogen) atoms. The predicted octanol–water partition coefficient (Wildman–Crippen LogP) is -5.79. The lowest BCUT2D eigenvalue weighted by atomic mass is 10.0. The summed E-state index contributed by atoms with van der Waals surface area (Å²) >= 11 is 0. The SMILES string of the molecule is CS(C)(=O)=O.NC(=O)CC[C@H](N)C(=O)O.N[C@@H](CCC(=O)O)C(=O)O.O=C[C@H](O)[C@@H](O)[C@H](O)[C@H](O)CO. The van der Waals surface area contributed by atoms with Crippen molar-refractivity contribution in [2.75, 3.05) is 19.1 Å². The van der Waals surface area contributed by atoms with Gasteiger partial charge in [-0.05, 0) is 12.8 Å². The first-order valence-corrected chi connectivity index (χ1v) is 12.3. The molecule has 0 aromatic carbocycles. The maximum Gasteiger partial charge on any atom is 0.320 e. The van der Waals surface area contributed by atoms with Crippen LogP contribution in [0.1, 0.15) is 25.7 Å². The lowest BCUT2D eigenvalue weighted by Gasteiger charge is -2.22. The zero-order chi connectivity index (χ0) is 30.5. The smallest absolute Gasteiger partial charge is 0.320 e. The maximum absolute atomic E-state index is 10.1. The molecule has 0 aliphatic rings. The number of carboxylic acid groups (broad SMARTS) is 3. The molecule has 0 saturated heterocycles. The molecule has 0 aromatic heterocycles. The summed E-state index contributed by atoms with van der Waals surface area (Å²) in [5.74, 6) is -3.84. The Morgan fingerprint density at radius 2 is 1.16 bits per heavy atom. The average molecular weight is 568 g/mol. The first-order valence-electron chi connectivity index (χ1n) is 10.0. The fourth-order valence-electron chi connectivity index (χ4n) is 1.44. The molecule has 14 N–H and O–H groups in total. The fraction of sp³-hybridized carbons (Fsp3) is 0.722. The van der Waals surface area contributed by atoms with E-state index in [2.05, 4.69) is 0 Å². The average Bonchev–Trinajstić information content (AvgIpc) is 2.78. The van der Waals surface area contributed by atoms with Gasteiger partial charge in [-0.25, -0.2) is 8.42 Å². The van der Waals surface area contributed by atoms with Gasteiger partial charge in [-0.2, -0.15) is 0 Å². The molecule has 1 amide bonds. The third-order valence-corrected chi connectivity index (χ3v) is 3.43. The molecule has 0 spiro atoms. The van der Waals surface area contributed by atoms with Crippen LogP contribution in [-0.2, 0) is 33.8 Å². The van der Waals surface area contributed by atoms with Crippen molar-refractivity contribution in [1.82, 2.24) is 0 Å². The van der Waals surface area contributed by atoms with Crippen LogP contribution in [0.5, 0.6) is 0 Å². The number of nitrogens with two attached hydrogens (primary N) is 3. The molecular formula is C18H37N3O15S. The molecule has 19 heteroatoms. The molecule has 0 aliphatic carbocycles. The van der Waals surface area contributed by atoms with Gasteiger partial charge in [0.1, 0.15) is 46.3 Å². The summed E-state index contributed by atoms with van der Waals surface area (Å²) in [4.78, 5) is 49.9. The summed E-state index contributed by atoms with van der Waals surface area (Å²) < 4.78 is 19.3. The normalized spacial score (nSPS) is 15.2. The zero-order valence-electron chi connectivity index (χ0n) is 20.2. The number of aliphatic carboxylic acids is 3. The van der Waals surface area contributed by atoms with Crippen molar-refractivity contribution in [1.29, 1.82) is 0 Å². The predicted molar refractivity (Wildman–Crippen MR) is 124 cm³/mol. The van der Waals surface area contributed by atoms with Crippen LogP contribution in [0.3, 0.4) is 0 Å².